The maximum Gasteiger partial charge on any atom is 0.240 e. The molecule has 0 aromatic heterocycles. The summed E-state index contributed by atoms with van der Waals surface area (Å²) in [5, 5.41) is 0. The summed E-state index contributed by atoms with van der Waals surface area (Å²) in [7, 11) is 0. The first kappa shape index (κ1) is 11.4. The Kier molecular flexibility index (Phi) is 2.11. The van der Waals surface area contributed by atoms with Crippen LogP contribution in [0.1, 0.15) is 60.8 Å². The Labute approximate surface area is 93.3 Å². The van der Waals surface area contributed by atoms with Crippen LogP contribution in [0, 0.1) is 16.2 Å². The Morgan fingerprint density at radius 1 is 0.933 bits per heavy atom. The van der Waals surface area contributed by atoms with Crippen LogP contribution in [-0.2, 0) is 9.78 Å². The molecule has 2 aliphatic rings. The van der Waals surface area contributed by atoms with E-state index in [-0.39, 0.29) is 22.0 Å². The number of rotatable bonds is 0. The fourth-order valence-corrected chi connectivity index (χ4v) is 3.67. The van der Waals surface area contributed by atoms with E-state index in [0.29, 0.717) is 0 Å². The monoisotopic (exact) mass is 212 g/mol. The maximum atomic E-state index is 5.41. The first-order valence-electron chi connectivity index (χ1n) is 6.03. The smallest absolute Gasteiger partial charge is 0.194 e. The van der Waals surface area contributed by atoms with E-state index in [1.807, 2.05) is 0 Å². The summed E-state index contributed by atoms with van der Waals surface area (Å²) in [5.41, 5.74) is 0.526. The van der Waals surface area contributed by atoms with E-state index in [9.17, 15) is 0 Å². The van der Waals surface area contributed by atoms with Crippen molar-refractivity contribution in [2.75, 3.05) is 0 Å². The van der Waals surface area contributed by atoms with Gasteiger partial charge in [-0.1, -0.05) is 41.5 Å². The van der Waals surface area contributed by atoms with Gasteiger partial charge in [0.05, 0.1) is 0 Å². The summed E-state index contributed by atoms with van der Waals surface area (Å²) in [6.07, 6.45) is 3.51. The third-order valence-electron chi connectivity index (χ3n) is 5.21. The largest absolute Gasteiger partial charge is 0.240 e. The zero-order valence-electron chi connectivity index (χ0n) is 10.9. The van der Waals surface area contributed by atoms with E-state index >= 15 is 0 Å². The molecule has 2 rings (SSSR count). The topological polar surface area (TPSA) is 25.1 Å². The molecule has 2 nitrogen and oxygen atoms in total. The van der Waals surface area contributed by atoms with Crippen molar-refractivity contribution in [1.82, 2.24) is 0 Å². The Morgan fingerprint density at radius 3 is 1.80 bits per heavy atom. The molecule has 1 heterocycles. The molecule has 1 atom stereocenters. The minimum absolute atomic E-state index is 0.0747. The summed E-state index contributed by atoms with van der Waals surface area (Å²) in [6.45, 7) is 13.9. The van der Waals surface area contributed by atoms with E-state index in [1.165, 1.54) is 12.8 Å². The predicted octanol–water partition coefficient (Wildman–Crippen LogP) is 3.91. The standard InChI is InChI=1S/C13H24O2/c1-10(2,3)12(6)11(4,5)8-7-9-13(12)14-15-13/h7-9H2,1-6H3. The normalized spacial score (nSPS) is 38.0. The lowest BCUT2D eigenvalue weighted by Gasteiger charge is -2.56. The van der Waals surface area contributed by atoms with Crippen molar-refractivity contribution >= 4 is 0 Å². The maximum absolute atomic E-state index is 5.41. The molecular formula is C13H24O2. The van der Waals surface area contributed by atoms with Crippen molar-refractivity contribution in [2.24, 2.45) is 16.2 Å². The molecule has 1 saturated heterocycles. The van der Waals surface area contributed by atoms with Gasteiger partial charge in [-0.3, -0.25) is 0 Å². The quantitative estimate of drug-likeness (QED) is 0.449. The van der Waals surface area contributed by atoms with Crippen LogP contribution < -0.4 is 0 Å². The Morgan fingerprint density at radius 2 is 1.47 bits per heavy atom. The summed E-state index contributed by atoms with van der Waals surface area (Å²) < 4.78 is 0. The summed E-state index contributed by atoms with van der Waals surface area (Å²) >= 11 is 0. The lowest BCUT2D eigenvalue weighted by molar-refractivity contribution is -0.130. The summed E-state index contributed by atoms with van der Waals surface area (Å²) in [5.74, 6) is -0.299. The molecule has 0 bridgehead atoms. The highest BCUT2D eigenvalue weighted by Gasteiger charge is 2.73. The van der Waals surface area contributed by atoms with E-state index in [4.69, 9.17) is 9.78 Å². The van der Waals surface area contributed by atoms with Gasteiger partial charge in [-0.2, -0.15) is 9.78 Å². The molecule has 0 N–H and O–H groups in total. The van der Waals surface area contributed by atoms with Gasteiger partial charge in [0.1, 0.15) is 0 Å². The van der Waals surface area contributed by atoms with Crippen LogP contribution in [0.3, 0.4) is 0 Å². The molecule has 88 valence electrons. The van der Waals surface area contributed by atoms with Gasteiger partial charge in [-0.25, -0.2) is 0 Å². The third kappa shape index (κ3) is 1.24. The van der Waals surface area contributed by atoms with Gasteiger partial charge in [0.25, 0.3) is 0 Å². The fraction of sp³-hybridized carbons (Fsp3) is 1.00. The molecule has 1 unspecified atom stereocenters. The van der Waals surface area contributed by atoms with Crippen LogP contribution in [0.15, 0.2) is 0 Å². The van der Waals surface area contributed by atoms with Gasteiger partial charge in [0.2, 0.25) is 5.79 Å². The predicted molar refractivity (Wildman–Crippen MR) is 60.1 cm³/mol. The van der Waals surface area contributed by atoms with Crippen LogP contribution in [0.4, 0.5) is 0 Å². The number of hydrogen-bond acceptors (Lipinski definition) is 2. The SMILES string of the molecule is CC(C)(C)C1(C)C(C)(C)CCCC12OO2. The van der Waals surface area contributed by atoms with Crippen LogP contribution in [-0.4, -0.2) is 5.79 Å². The van der Waals surface area contributed by atoms with E-state index in [2.05, 4.69) is 41.5 Å². The lowest BCUT2D eigenvalue weighted by Crippen LogP contribution is -2.57. The zero-order chi connectivity index (χ0) is 11.5. The van der Waals surface area contributed by atoms with Gasteiger partial charge >= 0.3 is 0 Å². The molecule has 1 aliphatic heterocycles. The van der Waals surface area contributed by atoms with Gasteiger partial charge < -0.3 is 0 Å². The lowest BCUT2D eigenvalue weighted by atomic mass is 9.47. The fourth-order valence-electron chi connectivity index (χ4n) is 3.67. The molecule has 1 saturated carbocycles. The molecular weight excluding hydrogens is 188 g/mol. The zero-order valence-corrected chi connectivity index (χ0v) is 10.9. The first-order valence-corrected chi connectivity index (χ1v) is 6.03. The Balaban J connectivity index is 2.47. The molecule has 2 fully saturated rings. The third-order valence-corrected chi connectivity index (χ3v) is 5.21. The van der Waals surface area contributed by atoms with Crippen molar-refractivity contribution in [1.29, 1.82) is 0 Å². The molecule has 2 heteroatoms. The second-order valence-corrected chi connectivity index (χ2v) is 7.03. The second kappa shape index (κ2) is 2.78. The number of hydrogen-bond donors (Lipinski definition) is 0. The molecule has 0 aromatic carbocycles. The minimum Gasteiger partial charge on any atom is -0.194 e. The first-order chi connectivity index (χ1) is 6.66. The van der Waals surface area contributed by atoms with Crippen molar-refractivity contribution in [3.8, 4) is 0 Å². The molecule has 15 heavy (non-hydrogen) atoms. The molecule has 1 aliphatic carbocycles. The van der Waals surface area contributed by atoms with Crippen molar-refractivity contribution in [3.05, 3.63) is 0 Å². The highest BCUT2D eigenvalue weighted by Crippen LogP contribution is 2.69. The molecule has 0 aromatic rings. The summed E-state index contributed by atoms with van der Waals surface area (Å²) in [6, 6.07) is 0. The van der Waals surface area contributed by atoms with Gasteiger partial charge in [0, 0.05) is 11.8 Å². The van der Waals surface area contributed by atoms with E-state index < -0.39 is 0 Å². The van der Waals surface area contributed by atoms with Gasteiger partial charge in [-0.15, -0.1) is 0 Å². The molecule has 0 radical (unpaired) electrons. The van der Waals surface area contributed by atoms with Crippen molar-refractivity contribution in [2.45, 2.75) is 66.6 Å². The van der Waals surface area contributed by atoms with Gasteiger partial charge in [-0.05, 0) is 23.7 Å². The second-order valence-electron chi connectivity index (χ2n) is 7.03. The highest BCUT2D eigenvalue weighted by molar-refractivity contribution is 5.10. The molecule has 1 spiro atoms. The molecule has 0 amide bonds. The average Bonchev–Trinajstić information content (AvgIpc) is 2.79. The van der Waals surface area contributed by atoms with Crippen molar-refractivity contribution in [3.63, 3.8) is 0 Å². The van der Waals surface area contributed by atoms with Crippen LogP contribution in [0.2, 0.25) is 0 Å². The van der Waals surface area contributed by atoms with Gasteiger partial charge in [0.15, 0.2) is 0 Å². The van der Waals surface area contributed by atoms with Crippen LogP contribution in [0.5, 0.6) is 0 Å². The Hall–Kier alpha value is -0.0800. The highest BCUT2D eigenvalue weighted by atomic mass is 17.4. The van der Waals surface area contributed by atoms with Crippen LogP contribution >= 0.6 is 0 Å². The van der Waals surface area contributed by atoms with E-state index in [0.717, 1.165) is 6.42 Å². The average molecular weight is 212 g/mol. The van der Waals surface area contributed by atoms with Crippen molar-refractivity contribution < 1.29 is 9.78 Å². The Bertz CT molecular complexity index is 263. The van der Waals surface area contributed by atoms with E-state index in [1.54, 1.807) is 0 Å². The minimum atomic E-state index is -0.299. The van der Waals surface area contributed by atoms with Crippen LogP contribution in [0.25, 0.3) is 0 Å². The summed E-state index contributed by atoms with van der Waals surface area (Å²) in [4.78, 5) is 10.8.